The van der Waals surface area contributed by atoms with Crippen molar-refractivity contribution >= 4 is 17.7 Å². The minimum atomic E-state index is 0.0730. The number of nitrogens with one attached hydrogen (secondary N) is 2. The quantitative estimate of drug-likeness (QED) is 0.611. The molecule has 0 fully saturated rings. The van der Waals surface area contributed by atoms with Crippen molar-refractivity contribution in [2.75, 3.05) is 0 Å². The lowest BCUT2D eigenvalue weighted by molar-refractivity contribution is -0.117. The zero-order chi connectivity index (χ0) is 21.3. The van der Waals surface area contributed by atoms with Gasteiger partial charge in [0.1, 0.15) is 0 Å². The number of H-pyrrole nitrogens is 1. The molecule has 0 radical (unpaired) electrons. The highest BCUT2D eigenvalue weighted by Gasteiger charge is 2.31. The molecule has 0 bridgehead atoms. The molecule has 0 spiro atoms. The Bertz CT molecular complexity index is 953. The fourth-order valence-corrected chi connectivity index (χ4v) is 4.86. The summed E-state index contributed by atoms with van der Waals surface area (Å²) in [6.45, 7) is 15.0. The van der Waals surface area contributed by atoms with Crippen molar-refractivity contribution in [1.82, 2.24) is 10.3 Å². The van der Waals surface area contributed by atoms with E-state index in [-0.39, 0.29) is 11.9 Å². The van der Waals surface area contributed by atoms with E-state index in [0.717, 1.165) is 49.1 Å². The molecule has 4 heteroatoms. The van der Waals surface area contributed by atoms with Gasteiger partial charge in [0.15, 0.2) is 0 Å². The summed E-state index contributed by atoms with van der Waals surface area (Å²) in [7, 11) is 0. The van der Waals surface area contributed by atoms with Crippen molar-refractivity contribution < 1.29 is 4.79 Å². The number of aliphatic imine (C=N–C) groups is 1. The van der Waals surface area contributed by atoms with E-state index in [9.17, 15) is 4.79 Å². The molecule has 2 aliphatic rings. The summed E-state index contributed by atoms with van der Waals surface area (Å²) in [5.74, 6) is 0.0730. The second kappa shape index (κ2) is 8.56. The third-order valence-corrected chi connectivity index (χ3v) is 6.61. The number of aryl methyl sites for hydroxylation is 1. The van der Waals surface area contributed by atoms with E-state index < -0.39 is 0 Å². The smallest absolute Gasteiger partial charge is 0.247 e. The van der Waals surface area contributed by atoms with Gasteiger partial charge in [-0.15, -0.1) is 0 Å². The average Bonchev–Trinajstić information content (AvgIpc) is 3.27. The zero-order valence-electron chi connectivity index (χ0n) is 19.0. The Labute approximate surface area is 175 Å². The van der Waals surface area contributed by atoms with Gasteiger partial charge in [-0.3, -0.25) is 9.79 Å². The SMILES string of the molecule is CCC1=C(CC)C(CC2NC(=O)C(C)=C2CC)=NC1=Cc1[nH]c(C)c(C)c1CC. The van der Waals surface area contributed by atoms with Crippen LogP contribution in [0.25, 0.3) is 6.08 Å². The standard InChI is InChI=1S/C25H35N3O/c1-8-17-14(5)16(7)26-21(17)12-23-19(10-3)20(11-4)24(27-23)13-22-18(9-2)15(6)25(29)28-22/h12,22,26H,8-11,13H2,1-7H3,(H,28,29). The molecule has 1 amide bonds. The summed E-state index contributed by atoms with van der Waals surface area (Å²) in [4.78, 5) is 20.8. The van der Waals surface area contributed by atoms with Crippen molar-refractivity contribution in [3.8, 4) is 0 Å². The summed E-state index contributed by atoms with van der Waals surface area (Å²) in [6.07, 6.45) is 6.85. The van der Waals surface area contributed by atoms with Crippen LogP contribution in [0.4, 0.5) is 0 Å². The third kappa shape index (κ3) is 3.77. The molecule has 1 atom stereocenters. The van der Waals surface area contributed by atoms with Crippen molar-refractivity contribution in [1.29, 1.82) is 0 Å². The van der Waals surface area contributed by atoms with Gasteiger partial charge in [-0.05, 0) is 80.4 Å². The topological polar surface area (TPSA) is 57.2 Å². The minimum absolute atomic E-state index is 0.0730. The molecule has 29 heavy (non-hydrogen) atoms. The number of rotatable bonds is 7. The van der Waals surface area contributed by atoms with Gasteiger partial charge < -0.3 is 10.3 Å². The molecule has 2 aliphatic heterocycles. The van der Waals surface area contributed by atoms with E-state index in [2.05, 4.69) is 57.9 Å². The van der Waals surface area contributed by atoms with Gasteiger partial charge in [-0.2, -0.15) is 0 Å². The molecule has 156 valence electrons. The van der Waals surface area contributed by atoms with Gasteiger partial charge in [0.25, 0.3) is 0 Å². The lowest BCUT2D eigenvalue weighted by Gasteiger charge is -2.16. The summed E-state index contributed by atoms with van der Waals surface area (Å²) in [5.41, 5.74) is 12.2. The number of amides is 1. The third-order valence-electron chi connectivity index (χ3n) is 6.61. The van der Waals surface area contributed by atoms with E-state index in [4.69, 9.17) is 4.99 Å². The highest BCUT2D eigenvalue weighted by molar-refractivity contribution is 6.07. The van der Waals surface area contributed by atoms with Crippen LogP contribution in [0.3, 0.4) is 0 Å². The number of hydrogen-bond acceptors (Lipinski definition) is 2. The first-order valence-electron chi connectivity index (χ1n) is 11.1. The maximum Gasteiger partial charge on any atom is 0.247 e. The number of carbonyl (C=O) groups excluding carboxylic acids is 1. The Morgan fingerprint density at radius 1 is 0.966 bits per heavy atom. The Morgan fingerprint density at radius 3 is 2.24 bits per heavy atom. The van der Waals surface area contributed by atoms with Crippen LogP contribution >= 0.6 is 0 Å². The van der Waals surface area contributed by atoms with Crippen molar-refractivity contribution in [3.05, 3.63) is 50.5 Å². The van der Waals surface area contributed by atoms with Gasteiger partial charge in [-0.25, -0.2) is 0 Å². The van der Waals surface area contributed by atoms with E-state index >= 15 is 0 Å². The molecule has 3 heterocycles. The molecular formula is C25H35N3O. The highest BCUT2D eigenvalue weighted by atomic mass is 16.2. The first kappa shape index (κ1) is 21.4. The molecule has 3 rings (SSSR count). The summed E-state index contributed by atoms with van der Waals surface area (Å²) < 4.78 is 0. The van der Waals surface area contributed by atoms with Crippen LogP contribution in [0, 0.1) is 13.8 Å². The Hall–Kier alpha value is -2.36. The summed E-state index contributed by atoms with van der Waals surface area (Å²) >= 11 is 0. The number of allylic oxidation sites excluding steroid dienone is 2. The summed E-state index contributed by atoms with van der Waals surface area (Å²) in [5, 5.41) is 3.16. The van der Waals surface area contributed by atoms with Gasteiger partial charge in [0.2, 0.25) is 5.91 Å². The van der Waals surface area contributed by atoms with Crippen LogP contribution in [0.15, 0.2) is 33.0 Å². The maximum atomic E-state index is 12.2. The van der Waals surface area contributed by atoms with Crippen molar-refractivity contribution in [2.45, 2.75) is 86.6 Å². The first-order chi connectivity index (χ1) is 13.9. The van der Waals surface area contributed by atoms with Gasteiger partial charge in [-0.1, -0.05) is 27.7 Å². The number of aromatic nitrogens is 1. The second-order valence-electron chi connectivity index (χ2n) is 8.11. The number of carbonyl (C=O) groups is 1. The van der Waals surface area contributed by atoms with Crippen molar-refractivity contribution in [3.63, 3.8) is 0 Å². The van der Waals surface area contributed by atoms with Crippen LogP contribution in [-0.2, 0) is 11.2 Å². The second-order valence-corrected chi connectivity index (χ2v) is 8.11. The van der Waals surface area contributed by atoms with E-state index in [1.165, 1.54) is 39.2 Å². The molecule has 0 saturated heterocycles. The molecule has 2 N–H and O–H groups in total. The molecule has 1 aromatic rings. The largest absolute Gasteiger partial charge is 0.359 e. The van der Waals surface area contributed by atoms with Crippen LogP contribution in [0.2, 0.25) is 0 Å². The highest BCUT2D eigenvalue weighted by Crippen LogP contribution is 2.35. The van der Waals surface area contributed by atoms with Gasteiger partial charge in [0, 0.05) is 29.1 Å². The molecule has 1 aromatic heterocycles. The Balaban J connectivity index is 2.00. The molecule has 0 aromatic carbocycles. The predicted octanol–water partition coefficient (Wildman–Crippen LogP) is 5.72. The zero-order valence-corrected chi connectivity index (χ0v) is 19.0. The number of nitrogens with zero attached hydrogens (tertiary/aromatic N) is 1. The number of aromatic amines is 1. The molecular weight excluding hydrogens is 358 g/mol. The average molecular weight is 394 g/mol. The Kier molecular flexibility index (Phi) is 6.30. The Morgan fingerprint density at radius 2 is 1.66 bits per heavy atom. The van der Waals surface area contributed by atoms with E-state index in [1.54, 1.807) is 0 Å². The van der Waals surface area contributed by atoms with Crippen LogP contribution in [0.5, 0.6) is 0 Å². The normalized spacial score (nSPS) is 20.9. The van der Waals surface area contributed by atoms with E-state index in [0.29, 0.717) is 0 Å². The number of hydrogen-bond donors (Lipinski definition) is 2. The van der Waals surface area contributed by atoms with E-state index in [1.807, 2.05) is 6.92 Å². The van der Waals surface area contributed by atoms with Gasteiger partial charge >= 0.3 is 0 Å². The lowest BCUT2D eigenvalue weighted by Crippen LogP contribution is -2.31. The minimum Gasteiger partial charge on any atom is -0.359 e. The molecule has 1 unspecified atom stereocenters. The fourth-order valence-electron chi connectivity index (χ4n) is 4.86. The van der Waals surface area contributed by atoms with Crippen LogP contribution < -0.4 is 5.32 Å². The van der Waals surface area contributed by atoms with Gasteiger partial charge in [0.05, 0.1) is 11.7 Å². The van der Waals surface area contributed by atoms with Crippen molar-refractivity contribution in [2.24, 2.45) is 4.99 Å². The first-order valence-corrected chi connectivity index (χ1v) is 11.1. The monoisotopic (exact) mass is 393 g/mol. The van der Waals surface area contributed by atoms with Crippen LogP contribution in [-0.4, -0.2) is 22.6 Å². The molecule has 4 nitrogen and oxygen atoms in total. The summed E-state index contributed by atoms with van der Waals surface area (Å²) in [6, 6.07) is 0.0754. The fraction of sp³-hybridized carbons (Fsp3) is 0.520. The maximum absolute atomic E-state index is 12.2. The lowest BCUT2D eigenvalue weighted by atomic mass is 9.93. The van der Waals surface area contributed by atoms with Crippen LogP contribution in [0.1, 0.15) is 82.8 Å². The molecule has 0 aliphatic carbocycles. The molecule has 0 saturated carbocycles. The predicted molar refractivity (Wildman–Crippen MR) is 122 cm³/mol.